The fourth-order valence-electron chi connectivity index (χ4n) is 1.58. The molecule has 0 fully saturated rings. The van der Waals surface area contributed by atoms with E-state index in [-0.39, 0.29) is 0 Å². The molecule has 10 nitrogen and oxygen atoms in total. The molecule has 194 valence electrons. The highest BCUT2D eigenvalue weighted by atomic mass is 32.2. The second kappa shape index (κ2) is 10.5. The molecule has 22 heteroatoms. The SMILES string of the molecule is COC[C@H](CC[C@H](COS(=O)(=O)C(F)(F)F)OS(=O)(=O)C(F)(F)F)OS(=O)(=O)C(F)(F)F. The minimum Gasteiger partial charge on any atom is -0.382 e. The van der Waals surface area contributed by atoms with E-state index in [1.807, 2.05) is 0 Å². The number of ether oxygens (including phenoxy) is 1. The maximum atomic E-state index is 12.4. The molecular weight excluding hydrogens is 547 g/mol. The summed E-state index contributed by atoms with van der Waals surface area (Å²) < 4.78 is 192. The van der Waals surface area contributed by atoms with Crippen LogP contribution in [0, 0.1) is 0 Å². The van der Waals surface area contributed by atoms with Gasteiger partial charge in [0.05, 0.1) is 13.2 Å². The quantitative estimate of drug-likeness (QED) is 0.197. The Morgan fingerprint density at radius 3 is 1.19 bits per heavy atom. The van der Waals surface area contributed by atoms with Gasteiger partial charge in [0, 0.05) is 7.11 Å². The Bertz CT molecular complexity index is 919. The summed E-state index contributed by atoms with van der Waals surface area (Å²) in [6.07, 6.45) is -7.25. The van der Waals surface area contributed by atoms with Crippen molar-refractivity contribution in [3.05, 3.63) is 0 Å². The maximum absolute atomic E-state index is 12.4. The first kappa shape index (κ1) is 31.1. The van der Waals surface area contributed by atoms with Gasteiger partial charge in [-0.15, -0.1) is 0 Å². The fourth-order valence-corrected chi connectivity index (χ4v) is 3.28. The first-order valence-corrected chi connectivity index (χ1v) is 11.6. The highest BCUT2D eigenvalue weighted by Crippen LogP contribution is 2.30. The minimum absolute atomic E-state index is 0.817. The molecule has 0 aromatic heterocycles. The number of hydrogen-bond donors (Lipinski definition) is 0. The average Bonchev–Trinajstić information content (AvgIpc) is 2.53. The lowest BCUT2D eigenvalue weighted by Gasteiger charge is -2.22. The van der Waals surface area contributed by atoms with Crippen molar-refractivity contribution in [2.45, 2.75) is 41.6 Å². The van der Waals surface area contributed by atoms with Crippen molar-refractivity contribution in [3.8, 4) is 0 Å². The number of rotatable bonds is 12. The van der Waals surface area contributed by atoms with E-state index in [2.05, 4.69) is 17.3 Å². The van der Waals surface area contributed by atoms with Gasteiger partial charge in [-0.05, 0) is 12.8 Å². The summed E-state index contributed by atoms with van der Waals surface area (Å²) in [5.74, 6) is 0. The largest absolute Gasteiger partial charge is 0.523 e. The van der Waals surface area contributed by atoms with Crippen LogP contribution in [0.5, 0.6) is 0 Å². The van der Waals surface area contributed by atoms with Crippen LogP contribution in [0.3, 0.4) is 0 Å². The van der Waals surface area contributed by atoms with Gasteiger partial charge in [-0.1, -0.05) is 0 Å². The van der Waals surface area contributed by atoms with Crippen molar-refractivity contribution in [2.75, 3.05) is 20.3 Å². The lowest BCUT2D eigenvalue weighted by molar-refractivity contribution is -0.0656. The molecule has 32 heavy (non-hydrogen) atoms. The van der Waals surface area contributed by atoms with E-state index in [1.54, 1.807) is 0 Å². The predicted molar refractivity (Wildman–Crippen MR) is 81.7 cm³/mol. The van der Waals surface area contributed by atoms with E-state index in [4.69, 9.17) is 0 Å². The van der Waals surface area contributed by atoms with Gasteiger partial charge >= 0.3 is 46.9 Å². The predicted octanol–water partition coefficient (Wildman–Crippen LogP) is 1.75. The number of halogens is 9. The van der Waals surface area contributed by atoms with Crippen LogP contribution in [-0.2, 0) is 47.6 Å². The lowest BCUT2D eigenvalue weighted by atomic mass is 10.1. The first-order valence-electron chi connectivity index (χ1n) is 7.40. The topological polar surface area (TPSA) is 139 Å². The van der Waals surface area contributed by atoms with E-state index in [1.165, 1.54) is 0 Å². The van der Waals surface area contributed by atoms with Gasteiger partial charge in [-0.25, -0.2) is 0 Å². The van der Waals surface area contributed by atoms with Crippen LogP contribution in [-0.4, -0.2) is 74.3 Å². The molecule has 0 aromatic carbocycles. The molecule has 0 amide bonds. The van der Waals surface area contributed by atoms with Gasteiger partial charge in [0.25, 0.3) is 0 Å². The molecule has 0 radical (unpaired) electrons. The van der Waals surface area contributed by atoms with E-state index < -0.39 is 85.1 Å². The van der Waals surface area contributed by atoms with Crippen molar-refractivity contribution >= 4 is 30.4 Å². The third kappa shape index (κ3) is 9.13. The van der Waals surface area contributed by atoms with Crippen LogP contribution < -0.4 is 0 Å². The molecule has 0 rings (SSSR count). The van der Waals surface area contributed by atoms with Crippen LogP contribution in [0.1, 0.15) is 12.8 Å². The van der Waals surface area contributed by atoms with Crippen LogP contribution in [0.25, 0.3) is 0 Å². The van der Waals surface area contributed by atoms with Crippen molar-refractivity contribution < 1.29 is 82.1 Å². The molecule has 0 bridgehead atoms. The highest BCUT2D eigenvalue weighted by Gasteiger charge is 2.51. The van der Waals surface area contributed by atoms with Gasteiger partial charge in [0.2, 0.25) is 0 Å². The summed E-state index contributed by atoms with van der Waals surface area (Å²) in [6, 6.07) is 0. The van der Waals surface area contributed by atoms with E-state index in [0.29, 0.717) is 0 Å². The number of alkyl halides is 9. The average molecular weight is 560 g/mol. The summed E-state index contributed by atoms with van der Waals surface area (Å²) in [4.78, 5) is 0. The van der Waals surface area contributed by atoms with Gasteiger partial charge in [0.15, 0.2) is 0 Å². The molecule has 0 heterocycles. The van der Waals surface area contributed by atoms with Gasteiger partial charge in [-0.2, -0.15) is 64.8 Å². The van der Waals surface area contributed by atoms with Crippen molar-refractivity contribution in [3.63, 3.8) is 0 Å². The van der Waals surface area contributed by atoms with E-state index in [9.17, 15) is 64.8 Å². The molecule has 2 atom stereocenters. The first-order chi connectivity index (χ1) is 14.0. The summed E-state index contributed by atoms with van der Waals surface area (Å²) in [5.41, 5.74) is -18.1. The number of hydrogen-bond acceptors (Lipinski definition) is 10. The molecule has 0 aliphatic heterocycles. The monoisotopic (exact) mass is 560 g/mol. The highest BCUT2D eigenvalue weighted by molar-refractivity contribution is 7.88. The molecule has 0 aromatic rings. The molecule has 0 N–H and O–H groups in total. The third-order valence-electron chi connectivity index (χ3n) is 2.95. The van der Waals surface area contributed by atoms with E-state index >= 15 is 0 Å². The van der Waals surface area contributed by atoms with Gasteiger partial charge in [-0.3, -0.25) is 12.5 Å². The van der Waals surface area contributed by atoms with Crippen molar-refractivity contribution in [1.82, 2.24) is 0 Å². The number of methoxy groups -OCH3 is 1. The Labute approximate surface area is 174 Å². The minimum atomic E-state index is -6.55. The Morgan fingerprint density at radius 2 is 0.906 bits per heavy atom. The third-order valence-corrected chi connectivity index (χ3v) is 6.15. The fraction of sp³-hybridized carbons (Fsp3) is 1.00. The molecule has 0 aliphatic carbocycles. The molecular formula is C10H13F9O10S3. The Hall–Kier alpha value is -0.940. The maximum Gasteiger partial charge on any atom is 0.523 e. The summed E-state index contributed by atoms with van der Waals surface area (Å²) in [7, 11) is -18.4. The van der Waals surface area contributed by atoms with Crippen LogP contribution >= 0.6 is 0 Å². The smallest absolute Gasteiger partial charge is 0.382 e. The second-order valence-corrected chi connectivity index (χ2v) is 10.2. The lowest BCUT2D eigenvalue weighted by Crippen LogP contribution is -2.36. The summed E-state index contributed by atoms with van der Waals surface area (Å²) in [5, 5.41) is 0. The zero-order valence-corrected chi connectivity index (χ0v) is 17.6. The van der Waals surface area contributed by atoms with Gasteiger partial charge in [0.1, 0.15) is 12.2 Å². The molecule has 0 aliphatic rings. The standard InChI is InChI=1S/C10H13F9O10S3/c1-26-4-6(28-31(22,23)9(14,15)16)2-3-7(29-32(24,25)10(17,18)19)5-27-30(20,21)8(11,12)13/h6-7H,2-5H2,1H3/t6-,7+/m0/s1. The summed E-state index contributed by atoms with van der Waals surface area (Å²) >= 11 is 0. The normalized spacial score (nSPS) is 16.7. The Kier molecular flexibility index (Phi) is 10.2. The molecule has 0 spiro atoms. The van der Waals surface area contributed by atoms with Crippen molar-refractivity contribution in [2.24, 2.45) is 0 Å². The van der Waals surface area contributed by atoms with Crippen LogP contribution in [0.15, 0.2) is 0 Å². The second-order valence-electron chi connectivity index (χ2n) is 5.45. The van der Waals surface area contributed by atoms with Crippen molar-refractivity contribution in [1.29, 1.82) is 0 Å². The van der Waals surface area contributed by atoms with E-state index in [0.717, 1.165) is 7.11 Å². The Morgan fingerprint density at radius 1 is 0.594 bits per heavy atom. The molecule has 0 saturated carbocycles. The Balaban J connectivity index is 5.66. The van der Waals surface area contributed by atoms with Crippen LogP contribution in [0.2, 0.25) is 0 Å². The zero-order chi connectivity index (χ0) is 25.8. The van der Waals surface area contributed by atoms with Gasteiger partial charge < -0.3 is 4.74 Å². The zero-order valence-electron chi connectivity index (χ0n) is 15.2. The summed E-state index contributed by atoms with van der Waals surface area (Å²) in [6.45, 7) is -2.97. The molecule has 0 saturated heterocycles. The van der Waals surface area contributed by atoms with Crippen LogP contribution in [0.4, 0.5) is 39.5 Å². The molecule has 0 unspecified atom stereocenters.